The van der Waals surface area contributed by atoms with Crippen LogP contribution < -0.4 is 11.1 Å². The normalized spacial score (nSPS) is 16.3. The first-order valence-corrected chi connectivity index (χ1v) is 7.34. The van der Waals surface area contributed by atoms with Gasteiger partial charge in [0.05, 0.1) is 11.4 Å². The van der Waals surface area contributed by atoms with Gasteiger partial charge >= 0.3 is 0 Å². The number of carbonyl (C=O) groups excluding carboxylic acids is 1. The van der Waals surface area contributed by atoms with Crippen molar-refractivity contribution in [3.8, 4) is 0 Å². The molecule has 0 spiro atoms. The van der Waals surface area contributed by atoms with Crippen molar-refractivity contribution < 1.29 is 4.79 Å². The molecule has 18 heavy (non-hydrogen) atoms. The van der Waals surface area contributed by atoms with E-state index in [9.17, 15) is 4.79 Å². The molecule has 2 rings (SSSR count). The number of hydrogen-bond donors (Lipinski definition) is 2. The van der Waals surface area contributed by atoms with Gasteiger partial charge < -0.3 is 11.1 Å². The van der Waals surface area contributed by atoms with Crippen LogP contribution in [0.5, 0.6) is 0 Å². The van der Waals surface area contributed by atoms with Crippen LogP contribution in [-0.4, -0.2) is 18.2 Å². The molecule has 1 heterocycles. The highest BCUT2D eigenvalue weighted by molar-refractivity contribution is 8.00. The Bertz CT molecular complexity index is 445. The maximum atomic E-state index is 11.3. The summed E-state index contributed by atoms with van der Waals surface area (Å²) in [5, 5.41) is 2.89. The smallest absolute Gasteiger partial charge is 0.234 e. The molecule has 1 aromatic carbocycles. The molecule has 0 saturated carbocycles. The van der Waals surface area contributed by atoms with Crippen LogP contribution >= 0.6 is 11.8 Å². The third-order valence-electron chi connectivity index (χ3n) is 3.42. The molecule has 1 atom stereocenters. The fourth-order valence-corrected chi connectivity index (χ4v) is 3.01. The second-order valence-electron chi connectivity index (χ2n) is 5.11. The zero-order chi connectivity index (χ0) is 13.1. The standard InChI is InChI=1S/C14H20N2OS/c1-9(2)11(7-15)5-10-3-4-12-13(6-10)18-8-14(17)16-12/h3-4,6,9,11H,5,7-8,15H2,1-2H3,(H,16,17). The molecule has 0 aliphatic carbocycles. The minimum Gasteiger partial charge on any atom is -0.330 e. The lowest BCUT2D eigenvalue weighted by Gasteiger charge is -2.21. The topological polar surface area (TPSA) is 55.1 Å². The molecule has 98 valence electrons. The Balaban J connectivity index is 2.14. The molecule has 0 radical (unpaired) electrons. The summed E-state index contributed by atoms with van der Waals surface area (Å²) >= 11 is 1.61. The molecule has 0 aromatic heterocycles. The predicted octanol–water partition coefficient (Wildman–Crippen LogP) is 2.50. The lowest BCUT2D eigenvalue weighted by atomic mass is 9.89. The van der Waals surface area contributed by atoms with Gasteiger partial charge in [0.15, 0.2) is 0 Å². The van der Waals surface area contributed by atoms with Gasteiger partial charge in [0.25, 0.3) is 0 Å². The van der Waals surface area contributed by atoms with Gasteiger partial charge in [0.1, 0.15) is 0 Å². The van der Waals surface area contributed by atoms with Crippen LogP contribution in [0.1, 0.15) is 19.4 Å². The SMILES string of the molecule is CC(C)C(CN)Cc1ccc2c(c1)SCC(=O)N2. The van der Waals surface area contributed by atoms with Gasteiger partial charge in [-0.1, -0.05) is 19.9 Å². The zero-order valence-corrected chi connectivity index (χ0v) is 11.7. The van der Waals surface area contributed by atoms with E-state index >= 15 is 0 Å². The summed E-state index contributed by atoms with van der Waals surface area (Å²) in [6, 6.07) is 6.28. The minimum atomic E-state index is 0.0854. The minimum absolute atomic E-state index is 0.0854. The molecule has 0 saturated heterocycles. The van der Waals surface area contributed by atoms with Crippen LogP contribution in [0, 0.1) is 11.8 Å². The Morgan fingerprint density at radius 1 is 1.44 bits per heavy atom. The van der Waals surface area contributed by atoms with Crippen molar-refractivity contribution >= 4 is 23.4 Å². The summed E-state index contributed by atoms with van der Waals surface area (Å²) < 4.78 is 0. The summed E-state index contributed by atoms with van der Waals surface area (Å²) in [6.45, 7) is 5.15. The number of fused-ring (bicyclic) bond motifs is 1. The Morgan fingerprint density at radius 2 is 2.22 bits per heavy atom. The van der Waals surface area contributed by atoms with E-state index < -0.39 is 0 Å². The van der Waals surface area contributed by atoms with E-state index in [0.29, 0.717) is 17.6 Å². The zero-order valence-electron chi connectivity index (χ0n) is 10.9. The Kier molecular flexibility index (Phi) is 4.30. The number of rotatable bonds is 4. The Morgan fingerprint density at radius 3 is 2.89 bits per heavy atom. The average Bonchev–Trinajstić information content (AvgIpc) is 2.35. The summed E-state index contributed by atoms with van der Waals surface area (Å²) in [6.07, 6.45) is 1.01. The van der Waals surface area contributed by atoms with Crippen molar-refractivity contribution in [1.29, 1.82) is 0 Å². The lowest BCUT2D eigenvalue weighted by molar-refractivity contribution is -0.113. The van der Waals surface area contributed by atoms with E-state index in [2.05, 4.69) is 31.3 Å². The van der Waals surface area contributed by atoms with E-state index in [1.165, 1.54) is 10.5 Å². The molecule has 1 unspecified atom stereocenters. The second-order valence-corrected chi connectivity index (χ2v) is 6.13. The van der Waals surface area contributed by atoms with Gasteiger partial charge in [0.2, 0.25) is 5.91 Å². The molecule has 3 nitrogen and oxygen atoms in total. The van der Waals surface area contributed by atoms with Crippen LogP contribution in [0.25, 0.3) is 0 Å². The first-order chi connectivity index (χ1) is 8.60. The van der Waals surface area contributed by atoms with E-state index in [-0.39, 0.29) is 5.91 Å². The van der Waals surface area contributed by atoms with Crippen molar-refractivity contribution in [3.05, 3.63) is 23.8 Å². The van der Waals surface area contributed by atoms with Gasteiger partial charge in [-0.25, -0.2) is 0 Å². The molecule has 1 aromatic rings. The van der Waals surface area contributed by atoms with Crippen LogP contribution in [-0.2, 0) is 11.2 Å². The van der Waals surface area contributed by atoms with Gasteiger partial charge in [0, 0.05) is 4.90 Å². The van der Waals surface area contributed by atoms with E-state index in [0.717, 1.165) is 18.7 Å². The van der Waals surface area contributed by atoms with Crippen molar-refractivity contribution in [2.24, 2.45) is 17.6 Å². The first kappa shape index (κ1) is 13.4. The summed E-state index contributed by atoms with van der Waals surface area (Å²) in [5.41, 5.74) is 8.06. The summed E-state index contributed by atoms with van der Waals surface area (Å²) in [5.74, 6) is 1.72. The summed E-state index contributed by atoms with van der Waals surface area (Å²) in [4.78, 5) is 12.4. The fraction of sp³-hybridized carbons (Fsp3) is 0.500. The van der Waals surface area contributed by atoms with Gasteiger partial charge in [-0.05, 0) is 42.5 Å². The van der Waals surface area contributed by atoms with Crippen molar-refractivity contribution in [2.75, 3.05) is 17.6 Å². The third-order valence-corrected chi connectivity index (χ3v) is 4.48. The highest BCUT2D eigenvalue weighted by Crippen LogP contribution is 2.32. The van der Waals surface area contributed by atoms with Crippen LogP contribution in [0.15, 0.2) is 23.1 Å². The van der Waals surface area contributed by atoms with Gasteiger partial charge in [-0.15, -0.1) is 11.8 Å². The molecule has 3 N–H and O–H groups in total. The number of benzene rings is 1. The van der Waals surface area contributed by atoms with Crippen LogP contribution in [0.4, 0.5) is 5.69 Å². The number of carbonyl (C=O) groups is 1. The van der Waals surface area contributed by atoms with E-state index in [1.807, 2.05) is 6.07 Å². The average molecular weight is 264 g/mol. The third kappa shape index (κ3) is 3.06. The van der Waals surface area contributed by atoms with E-state index in [1.54, 1.807) is 11.8 Å². The molecular formula is C14H20N2OS. The first-order valence-electron chi connectivity index (χ1n) is 6.35. The summed E-state index contributed by atoms with van der Waals surface area (Å²) in [7, 11) is 0. The maximum Gasteiger partial charge on any atom is 0.234 e. The number of hydrogen-bond acceptors (Lipinski definition) is 3. The molecular weight excluding hydrogens is 244 g/mol. The number of nitrogens with two attached hydrogens (primary N) is 1. The number of anilines is 1. The van der Waals surface area contributed by atoms with Crippen molar-refractivity contribution in [2.45, 2.75) is 25.2 Å². The number of nitrogens with one attached hydrogen (secondary N) is 1. The van der Waals surface area contributed by atoms with Crippen LogP contribution in [0.2, 0.25) is 0 Å². The Labute approximate surface area is 113 Å². The maximum absolute atomic E-state index is 11.3. The molecule has 0 fully saturated rings. The second kappa shape index (κ2) is 5.76. The number of amides is 1. The van der Waals surface area contributed by atoms with Gasteiger partial charge in [-0.3, -0.25) is 4.79 Å². The highest BCUT2D eigenvalue weighted by Gasteiger charge is 2.17. The highest BCUT2D eigenvalue weighted by atomic mass is 32.2. The Hall–Kier alpha value is -1.00. The molecule has 0 bridgehead atoms. The fourth-order valence-electron chi connectivity index (χ4n) is 2.14. The van der Waals surface area contributed by atoms with Crippen molar-refractivity contribution in [1.82, 2.24) is 0 Å². The largest absolute Gasteiger partial charge is 0.330 e. The van der Waals surface area contributed by atoms with Crippen molar-refractivity contribution in [3.63, 3.8) is 0 Å². The van der Waals surface area contributed by atoms with Gasteiger partial charge in [-0.2, -0.15) is 0 Å². The lowest BCUT2D eigenvalue weighted by Crippen LogP contribution is -2.22. The molecule has 1 aliphatic heterocycles. The predicted molar refractivity (Wildman–Crippen MR) is 76.9 cm³/mol. The van der Waals surface area contributed by atoms with E-state index in [4.69, 9.17) is 5.73 Å². The molecule has 1 aliphatic rings. The quantitative estimate of drug-likeness (QED) is 0.878. The molecule has 1 amide bonds. The monoisotopic (exact) mass is 264 g/mol. The number of thioether (sulfide) groups is 1. The molecule has 4 heteroatoms. The van der Waals surface area contributed by atoms with Crippen LogP contribution in [0.3, 0.4) is 0 Å².